The largest absolute Gasteiger partial charge is 0.457 e. The van der Waals surface area contributed by atoms with Gasteiger partial charge in [-0.15, -0.1) is 0 Å². The monoisotopic (exact) mass is 368 g/mol. The van der Waals surface area contributed by atoms with E-state index in [1.807, 2.05) is 26.0 Å². The number of oxime groups is 1. The van der Waals surface area contributed by atoms with Gasteiger partial charge in [0.15, 0.2) is 5.84 Å². The fourth-order valence-electron chi connectivity index (χ4n) is 2.00. The zero-order valence-electron chi connectivity index (χ0n) is 11.5. The topological polar surface area (TPSA) is 67.8 Å². The SMILES string of the molecule is Cc1cc(Cl)cc(C)c1Oc1ccc(/C(N)=N/O)c(Br)c1. The number of rotatable bonds is 3. The van der Waals surface area contributed by atoms with Crippen molar-refractivity contribution >= 4 is 33.4 Å². The highest BCUT2D eigenvalue weighted by molar-refractivity contribution is 9.10. The van der Waals surface area contributed by atoms with Gasteiger partial charge in [-0.05, 0) is 71.2 Å². The molecule has 0 heterocycles. The van der Waals surface area contributed by atoms with E-state index < -0.39 is 0 Å². The van der Waals surface area contributed by atoms with Crippen LogP contribution in [0.1, 0.15) is 16.7 Å². The predicted octanol–water partition coefficient (Wildman–Crippen LogP) is 4.61. The molecule has 0 fully saturated rings. The van der Waals surface area contributed by atoms with Crippen LogP contribution in [0.3, 0.4) is 0 Å². The van der Waals surface area contributed by atoms with Gasteiger partial charge in [0.1, 0.15) is 11.5 Å². The molecule has 0 spiro atoms. The molecule has 21 heavy (non-hydrogen) atoms. The van der Waals surface area contributed by atoms with Crippen LogP contribution in [0.5, 0.6) is 11.5 Å². The minimum Gasteiger partial charge on any atom is -0.457 e. The highest BCUT2D eigenvalue weighted by atomic mass is 79.9. The summed E-state index contributed by atoms with van der Waals surface area (Å²) in [5.41, 5.74) is 8.08. The molecule has 4 nitrogen and oxygen atoms in total. The molecule has 2 aromatic rings. The van der Waals surface area contributed by atoms with Gasteiger partial charge in [0, 0.05) is 15.1 Å². The summed E-state index contributed by atoms with van der Waals surface area (Å²) in [5, 5.41) is 12.4. The number of ether oxygens (including phenoxy) is 1. The molecule has 2 rings (SSSR count). The first-order valence-electron chi connectivity index (χ1n) is 6.14. The van der Waals surface area contributed by atoms with Crippen LogP contribution in [0, 0.1) is 13.8 Å². The van der Waals surface area contributed by atoms with Crippen LogP contribution in [0.25, 0.3) is 0 Å². The standard InChI is InChI=1S/C15H14BrClN2O2/c1-8-5-10(17)6-9(2)14(8)21-11-3-4-12(13(16)7-11)15(18)19-20/h3-7,20H,1-2H3,(H2,18,19). The zero-order valence-corrected chi connectivity index (χ0v) is 13.9. The van der Waals surface area contributed by atoms with Gasteiger partial charge in [-0.3, -0.25) is 0 Å². The lowest BCUT2D eigenvalue weighted by Gasteiger charge is -2.13. The summed E-state index contributed by atoms with van der Waals surface area (Å²) >= 11 is 9.39. The van der Waals surface area contributed by atoms with Crippen LogP contribution in [0.4, 0.5) is 0 Å². The predicted molar refractivity (Wildman–Crippen MR) is 87.7 cm³/mol. The first-order chi connectivity index (χ1) is 9.92. The van der Waals surface area contributed by atoms with Gasteiger partial charge in [-0.1, -0.05) is 16.8 Å². The van der Waals surface area contributed by atoms with Crippen molar-refractivity contribution in [3.05, 3.63) is 56.5 Å². The molecule has 0 aromatic heterocycles. The van der Waals surface area contributed by atoms with Crippen LogP contribution >= 0.6 is 27.5 Å². The van der Waals surface area contributed by atoms with Crippen molar-refractivity contribution in [2.45, 2.75) is 13.8 Å². The lowest BCUT2D eigenvalue weighted by atomic mass is 10.1. The van der Waals surface area contributed by atoms with E-state index in [2.05, 4.69) is 21.1 Å². The molecule has 0 atom stereocenters. The third-order valence-electron chi connectivity index (χ3n) is 2.97. The number of halogens is 2. The Labute approximate surface area is 136 Å². The van der Waals surface area contributed by atoms with Gasteiger partial charge < -0.3 is 15.7 Å². The second kappa shape index (κ2) is 6.37. The number of aryl methyl sites for hydroxylation is 2. The van der Waals surface area contributed by atoms with Crippen molar-refractivity contribution in [3.8, 4) is 11.5 Å². The molecule has 6 heteroatoms. The summed E-state index contributed by atoms with van der Waals surface area (Å²) in [6, 6.07) is 8.94. The van der Waals surface area contributed by atoms with Crippen LogP contribution in [0.2, 0.25) is 5.02 Å². The van der Waals surface area contributed by atoms with Crippen molar-refractivity contribution in [1.29, 1.82) is 0 Å². The molecule has 110 valence electrons. The Balaban J connectivity index is 2.35. The molecule has 0 amide bonds. The normalized spacial score (nSPS) is 11.5. The van der Waals surface area contributed by atoms with Crippen LogP contribution in [-0.2, 0) is 0 Å². The first-order valence-corrected chi connectivity index (χ1v) is 7.31. The van der Waals surface area contributed by atoms with E-state index in [4.69, 9.17) is 27.3 Å². The van der Waals surface area contributed by atoms with E-state index >= 15 is 0 Å². The van der Waals surface area contributed by atoms with Gasteiger partial charge in [0.05, 0.1) is 0 Å². The number of hydrogen-bond donors (Lipinski definition) is 2. The summed E-state index contributed by atoms with van der Waals surface area (Å²) < 4.78 is 6.59. The summed E-state index contributed by atoms with van der Waals surface area (Å²) in [5.74, 6) is 1.44. The quantitative estimate of drug-likeness (QED) is 0.359. The van der Waals surface area contributed by atoms with E-state index in [9.17, 15) is 0 Å². The Morgan fingerprint density at radius 1 is 1.24 bits per heavy atom. The van der Waals surface area contributed by atoms with E-state index in [1.165, 1.54) is 0 Å². The Kier molecular flexibility index (Phi) is 4.75. The number of nitrogens with two attached hydrogens (primary N) is 1. The van der Waals surface area contributed by atoms with Gasteiger partial charge in [-0.25, -0.2) is 0 Å². The molecule has 0 aliphatic heterocycles. The molecular formula is C15H14BrClN2O2. The fourth-order valence-corrected chi connectivity index (χ4v) is 2.89. The van der Waals surface area contributed by atoms with Gasteiger partial charge >= 0.3 is 0 Å². The molecule has 0 unspecified atom stereocenters. The maximum absolute atomic E-state index is 8.71. The maximum Gasteiger partial charge on any atom is 0.171 e. The van der Waals surface area contributed by atoms with E-state index in [0.717, 1.165) is 16.9 Å². The van der Waals surface area contributed by atoms with Crippen molar-refractivity contribution in [2.24, 2.45) is 10.9 Å². The summed E-state index contributed by atoms with van der Waals surface area (Å²) in [7, 11) is 0. The number of benzene rings is 2. The average molecular weight is 370 g/mol. The highest BCUT2D eigenvalue weighted by Gasteiger charge is 2.10. The first kappa shape index (κ1) is 15.7. The average Bonchev–Trinajstić information content (AvgIpc) is 2.42. The smallest absolute Gasteiger partial charge is 0.171 e. The molecule has 2 aromatic carbocycles. The molecular weight excluding hydrogens is 356 g/mol. The zero-order chi connectivity index (χ0) is 15.6. The van der Waals surface area contributed by atoms with Crippen molar-refractivity contribution in [2.75, 3.05) is 0 Å². The minimum absolute atomic E-state index is 0.0345. The maximum atomic E-state index is 8.71. The summed E-state index contributed by atoms with van der Waals surface area (Å²) in [6.07, 6.45) is 0. The van der Waals surface area contributed by atoms with Gasteiger partial charge in [0.25, 0.3) is 0 Å². The molecule has 0 saturated carbocycles. The van der Waals surface area contributed by atoms with Crippen molar-refractivity contribution in [3.63, 3.8) is 0 Å². The van der Waals surface area contributed by atoms with Crippen LogP contribution in [-0.4, -0.2) is 11.0 Å². The number of nitrogens with zero attached hydrogens (tertiary/aromatic N) is 1. The van der Waals surface area contributed by atoms with Crippen LogP contribution < -0.4 is 10.5 Å². The summed E-state index contributed by atoms with van der Waals surface area (Å²) in [4.78, 5) is 0. The second-order valence-electron chi connectivity index (χ2n) is 4.60. The Morgan fingerprint density at radius 3 is 2.38 bits per heavy atom. The van der Waals surface area contributed by atoms with E-state index in [0.29, 0.717) is 20.8 Å². The fraction of sp³-hybridized carbons (Fsp3) is 0.133. The highest BCUT2D eigenvalue weighted by Crippen LogP contribution is 2.33. The molecule has 3 N–H and O–H groups in total. The molecule has 0 bridgehead atoms. The lowest BCUT2D eigenvalue weighted by molar-refractivity contribution is 0.318. The second-order valence-corrected chi connectivity index (χ2v) is 5.89. The molecule has 0 aliphatic rings. The van der Waals surface area contributed by atoms with Crippen molar-refractivity contribution < 1.29 is 9.94 Å². The van der Waals surface area contributed by atoms with Crippen LogP contribution in [0.15, 0.2) is 40.0 Å². The minimum atomic E-state index is 0.0345. The van der Waals surface area contributed by atoms with Gasteiger partial charge in [-0.2, -0.15) is 0 Å². The Hall–Kier alpha value is -1.72. The Morgan fingerprint density at radius 2 is 1.86 bits per heavy atom. The third kappa shape index (κ3) is 3.49. The molecule has 0 aliphatic carbocycles. The molecule has 0 saturated heterocycles. The third-order valence-corrected chi connectivity index (χ3v) is 3.84. The lowest BCUT2D eigenvalue weighted by Crippen LogP contribution is -2.13. The molecule has 0 radical (unpaired) electrons. The van der Waals surface area contributed by atoms with E-state index in [-0.39, 0.29) is 5.84 Å². The van der Waals surface area contributed by atoms with Gasteiger partial charge in [0.2, 0.25) is 0 Å². The summed E-state index contributed by atoms with van der Waals surface area (Å²) in [6.45, 7) is 3.88. The van der Waals surface area contributed by atoms with E-state index in [1.54, 1.807) is 18.2 Å². The number of amidine groups is 1. The Bertz CT molecular complexity index is 694. The van der Waals surface area contributed by atoms with Crippen molar-refractivity contribution in [1.82, 2.24) is 0 Å². The number of hydrogen-bond acceptors (Lipinski definition) is 3.